The summed E-state index contributed by atoms with van der Waals surface area (Å²) in [6, 6.07) is 3.42. The molecule has 1 aliphatic rings. The van der Waals surface area contributed by atoms with Crippen LogP contribution in [0.2, 0.25) is 0 Å². The Labute approximate surface area is 113 Å². The van der Waals surface area contributed by atoms with E-state index in [1.165, 1.54) is 0 Å². The third-order valence-electron chi connectivity index (χ3n) is 3.34. The molecule has 0 radical (unpaired) electrons. The largest absolute Gasteiger partial charge is 0.369 e. The first-order valence-corrected chi connectivity index (χ1v) is 6.43. The summed E-state index contributed by atoms with van der Waals surface area (Å²) in [6.07, 6.45) is 2.21. The smallest absolute Gasteiger partial charge is 0.256 e. The van der Waals surface area contributed by atoms with Gasteiger partial charge in [-0.2, -0.15) is 0 Å². The second-order valence-electron chi connectivity index (χ2n) is 4.74. The summed E-state index contributed by atoms with van der Waals surface area (Å²) in [5.74, 6) is -0.483. The third-order valence-corrected chi connectivity index (χ3v) is 3.98. The topological polar surface area (TPSA) is 76.3 Å². The van der Waals surface area contributed by atoms with Crippen molar-refractivity contribution in [2.75, 3.05) is 13.1 Å². The van der Waals surface area contributed by atoms with Crippen molar-refractivity contribution >= 4 is 27.7 Å². The molecule has 1 aromatic heterocycles. The fourth-order valence-electron chi connectivity index (χ4n) is 2.05. The van der Waals surface area contributed by atoms with Gasteiger partial charge in [-0.3, -0.25) is 9.59 Å². The van der Waals surface area contributed by atoms with Crippen molar-refractivity contribution in [1.82, 2.24) is 9.88 Å². The first kappa shape index (κ1) is 13.0. The van der Waals surface area contributed by atoms with Gasteiger partial charge in [0.25, 0.3) is 5.91 Å². The van der Waals surface area contributed by atoms with Crippen LogP contribution in [0.3, 0.4) is 0 Å². The molecule has 2 amide bonds. The van der Waals surface area contributed by atoms with Gasteiger partial charge >= 0.3 is 0 Å². The van der Waals surface area contributed by atoms with Crippen molar-refractivity contribution in [2.24, 2.45) is 11.1 Å². The Morgan fingerprint density at radius 3 is 2.83 bits per heavy atom. The van der Waals surface area contributed by atoms with Gasteiger partial charge in [-0.05, 0) is 41.4 Å². The van der Waals surface area contributed by atoms with Crippen molar-refractivity contribution < 1.29 is 9.59 Å². The summed E-state index contributed by atoms with van der Waals surface area (Å²) in [5, 5.41) is 0. The zero-order chi connectivity index (χ0) is 13.3. The summed E-state index contributed by atoms with van der Waals surface area (Å²) >= 11 is 3.25. The van der Waals surface area contributed by atoms with Gasteiger partial charge in [-0.1, -0.05) is 0 Å². The van der Waals surface area contributed by atoms with Crippen LogP contribution in [0.5, 0.6) is 0 Å². The first-order chi connectivity index (χ1) is 8.44. The van der Waals surface area contributed by atoms with Crippen molar-refractivity contribution in [3.8, 4) is 0 Å². The number of pyridine rings is 1. The van der Waals surface area contributed by atoms with E-state index >= 15 is 0 Å². The molecule has 2 heterocycles. The minimum atomic E-state index is -0.621. The van der Waals surface area contributed by atoms with Crippen LogP contribution in [-0.4, -0.2) is 34.8 Å². The van der Waals surface area contributed by atoms with E-state index in [4.69, 9.17) is 5.73 Å². The Bertz CT molecular complexity index is 506. The van der Waals surface area contributed by atoms with E-state index in [1.807, 2.05) is 0 Å². The van der Waals surface area contributed by atoms with Crippen LogP contribution >= 0.6 is 15.9 Å². The maximum Gasteiger partial charge on any atom is 0.256 e. The van der Waals surface area contributed by atoms with Gasteiger partial charge in [0, 0.05) is 19.3 Å². The Kier molecular flexibility index (Phi) is 3.38. The highest BCUT2D eigenvalue weighted by atomic mass is 79.9. The number of hydrogen-bond donors (Lipinski definition) is 1. The summed E-state index contributed by atoms with van der Waals surface area (Å²) in [4.78, 5) is 29.3. The fourth-order valence-corrected chi connectivity index (χ4v) is 2.47. The van der Waals surface area contributed by atoms with Crippen LogP contribution in [0.15, 0.2) is 22.9 Å². The zero-order valence-corrected chi connectivity index (χ0v) is 11.6. The molecule has 6 heteroatoms. The second-order valence-corrected chi connectivity index (χ2v) is 5.49. The molecular weight excluding hydrogens is 298 g/mol. The zero-order valence-electron chi connectivity index (χ0n) is 10.0. The highest BCUT2D eigenvalue weighted by Gasteiger charge is 2.41. The number of likely N-dealkylation sites (tertiary alicyclic amines) is 1. The Balaban J connectivity index is 2.18. The normalized spacial score (nSPS) is 23.1. The van der Waals surface area contributed by atoms with Gasteiger partial charge in [-0.15, -0.1) is 0 Å². The first-order valence-electron chi connectivity index (χ1n) is 5.64. The molecule has 0 saturated carbocycles. The number of rotatable bonds is 2. The van der Waals surface area contributed by atoms with E-state index in [-0.39, 0.29) is 11.8 Å². The Hall–Kier alpha value is -1.43. The number of primary amides is 1. The Morgan fingerprint density at radius 2 is 2.28 bits per heavy atom. The Morgan fingerprint density at radius 1 is 1.56 bits per heavy atom. The summed E-state index contributed by atoms with van der Waals surface area (Å²) in [5.41, 5.74) is 5.25. The number of carbonyl (C=O) groups is 2. The molecule has 0 spiro atoms. The SMILES string of the molecule is CC1(C(N)=O)CCN(C(=O)c2cccnc2Br)C1. The maximum atomic E-state index is 12.3. The summed E-state index contributed by atoms with van der Waals surface area (Å²) in [6.45, 7) is 2.70. The standard InChI is InChI=1S/C12H14BrN3O2/c1-12(11(14)18)4-6-16(7-12)10(17)8-3-2-5-15-9(8)13/h2-3,5H,4,6-7H2,1H3,(H2,14,18). The number of nitrogens with zero attached hydrogens (tertiary/aromatic N) is 2. The van der Waals surface area contributed by atoms with Crippen LogP contribution in [-0.2, 0) is 4.79 Å². The number of halogens is 1. The lowest BCUT2D eigenvalue weighted by atomic mass is 9.89. The highest BCUT2D eigenvalue weighted by Crippen LogP contribution is 2.31. The number of aromatic nitrogens is 1. The van der Waals surface area contributed by atoms with Crippen molar-refractivity contribution in [2.45, 2.75) is 13.3 Å². The van der Waals surface area contributed by atoms with E-state index in [2.05, 4.69) is 20.9 Å². The van der Waals surface area contributed by atoms with Crippen molar-refractivity contribution in [3.63, 3.8) is 0 Å². The lowest BCUT2D eigenvalue weighted by Gasteiger charge is -2.21. The number of hydrogen-bond acceptors (Lipinski definition) is 3. The quantitative estimate of drug-likeness (QED) is 0.833. The van der Waals surface area contributed by atoms with E-state index < -0.39 is 5.41 Å². The van der Waals surface area contributed by atoms with Crippen LogP contribution < -0.4 is 5.73 Å². The molecule has 1 aliphatic heterocycles. The highest BCUT2D eigenvalue weighted by molar-refractivity contribution is 9.10. The van der Waals surface area contributed by atoms with E-state index in [0.29, 0.717) is 29.7 Å². The van der Waals surface area contributed by atoms with Gasteiger partial charge in [-0.25, -0.2) is 4.98 Å². The second kappa shape index (κ2) is 4.68. The van der Waals surface area contributed by atoms with Crippen LogP contribution in [0, 0.1) is 5.41 Å². The van der Waals surface area contributed by atoms with Gasteiger partial charge in [0.2, 0.25) is 5.91 Å². The average Bonchev–Trinajstić information content (AvgIpc) is 2.73. The molecule has 1 aromatic rings. The minimum Gasteiger partial charge on any atom is -0.369 e. The molecule has 0 bridgehead atoms. The summed E-state index contributed by atoms with van der Waals surface area (Å²) in [7, 11) is 0. The van der Waals surface area contributed by atoms with E-state index in [1.54, 1.807) is 30.2 Å². The molecular formula is C12H14BrN3O2. The number of carbonyl (C=O) groups excluding carboxylic acids is 2. The van der Waals surface area contributed by atoms with Gasteiger partial charge in [0.1, 0.15) is 4.60 Å². The lowest BCUT2D eigenvalue weighted by Crippen LogP contribution is -2.38. The van der Waals surface area contributed by atoms with Crippen LogP contribution in [0.4, 0.5) is 0 Å². The molecule has 0 aliphatic carbocycles. The van der Waals surface area contributed by atoms with Gasteiger partial charge in [0.15, 0.2) is 0 Å². The molecule has 0 aromatic carbocycles. The van der Waals surface area contributed by atoms with E-state index in [9.17, 15) is 9.59 Å². The minimum absolute atomic E-state index is 0.125. The fraction of sp³-hybridized carbons (Fsp3) is 0.417. The van der Waals surface area contributed by atoms with Crippen molar-refractivity contribution in [1.29, 1.82) is 0 Å². The van der Waals surface area contributed by atoms with Crippen LogP contribution in [0.1, 0.15) is 23.7 Å². The lowest BCUT2D eigenvalue weighted by molar-refractivity contribution is -0.126. The summed E-state index contributed by atoms with van der Waals surface area (Å²) < 4.78 is 0.516. The van der Waals surface area contributed by atoms with Gasteiger partial charge in [0.05, 0.1) is 11.0 Å². The van der Waals surface area contributed by atoms with Gasteiger partial charge < -0.3 is 10.6 Å². The molecule has 96 valence electrons. The van der Waals surface area contributed by atoms with Crippen molar-refractivity contribution in [3.05, 3.63) is 28.5 Å². The molecule has 1 saturated heterocycles. The molecule has 5 nitrogen and oxygen atoms in total. The molecule has 2 N–H and O–H groups in total. The predicted molar refractivity (Wildman–Crippen MR) is 69.8 cm³/mol. The monoisotopic (exact) mass is 311 g/mol. The van der Waals surface area contributed by atoms with E-state index in [0.717, 1.165) is 0 Å². The molecule has 1 atom stereocenters. The average molecular weight is 312 g/mol. The van der Waals surface area contributed by atoms with Crippen LogP contribution in [0.25, 0.3) is 0 Å². The molecule has 2 rings (SSSR count). The maximum absolute atomic E-state index is 12.3. The number of amides is 2. The molecule has 1 unspecified atom stereocenters. The predicted octanol–water partition coefficient (Wildman–Crippen LogP) is 1.18. The molecule has 1 fully saturated rings. The molecule has 18 heavy (non-hydrogen) atoms. The third kappa shape index (κ3) is 2.25. The number of nitrogens with two attached hydrogens (primary N) is 1.